The van der Waals surface area contributed by atoms with Gasteiger partial charge in [-0.15, -0.1) is 0 Å². The van der Waals surface area contributed by atoms with Gasteiger partial charge in [0.15, 0.2) is 40.3 Å². The standard InChI is InChI=1S/C20H19F3N6O6/c21-20(22,23)8-4-9(13(31)10(30)5-8)18(34)25-3-1-2-11-14(32)15(33)19(35-11)29-7-28-12-16(24)26-6-27-17(12)29/h4-7,11,14,30-33H,1-3H2,(H,25,34)(H2,24,26,27)/t11-,14?/m1/s1. The molecule has 1 amide bonds. The third-order valence-corrected chi connectivity index (χ3v) is 5.31. The lowest BCUT2D eigenvalue weighted by Crippen LogP contribution is -2.28. The SMILES string of the molecule is Nc1ncnc2c1ncn2C1=C(O)C(O)[C@@H](CCCNC(=O)c2cc(C(F)(F)F)cc(O)c2O)O1. The molecule has 186 valence electrons. The van der Waals surface area contributed by atoms with Gasteiger partial charge in [-0.2, -0.15) is 13.2 Å². The number of aromatic nitrogens is 4. The van der Waals surface area contributed by atoms with Gasteiger partial charge in [0, 0.05) is 6.54 Å². The van der Waals surface area contributed by atoms with Crippen LogP contribution in [-0.2, 0) is 10.9 Å². The first-order valence-electron chi connectivity index (χ1n) is 10.1. The highest BCUT2D eigenvalue weighted by atomic mass is 19.4. The van der Waals surface area contributed by atoms with E-state index in [1.807, 2.05) is 0 Å². The third-order valence-electron chi connectivity index (χ3n) is 5.31. The number of aliphatic hydroxyl groups excluding tert-OH is 2. The summed E-state index contributed by atoms with van der Waals surface area (Å²) in [5.41, 5.74) is 4.20. The number of phenols is 2. The summed E-state index contributed by atoms with van der Waals surface area (Å²) >= 11 is 0. The summed E-state index contributed by atoms with van der Waals surface area (Å²) < 4.78 is 45.7. The summed E-state index contributed by atoms with van der Waals surface area (Å²) in [5, 5.41) is 42.3. The molecule has 7 N–H and O–H groups in total. The average Bonchev–Trinajstić information content (AvgIpc) is 3.34. The number of nitrogen functional groups attached to an aromatic ring is 1. The molecule has 3 heterocycles. The van der Waals surface area contributed by atoms with Crippen molar-refractivity contribution in [1.29, 1.82) is 0 Å². The van der Waals surface area contributed by atoms with Crippen molar-refractivity contribution in [3.63, 3.8) is 0 Å². The zero-order chi connectivity index (χ0) is 25.5. The number of aliphatic hydroxyl groups is 2. The van der Waals surface area contributed by atoms with E-state index in [9.17, 15) is 38.4 Å². The van der Waals surface area contributed by atoms with E-state index < -0.39 is 52.7 Å². The maximum Gasteiger partial charge on any atom is 0.416 e. The highest BCUT2D eigenvalue weighted by Gasteiger charge is 2.37. The monoisotopic (exact) mass is 496 g/mol. The van der Waals surface area contributed by atoms with Crippen molar-refractivity contribution < 1.29 is 43.1 Å². The number of nitrogens with zero attached hydrogens (tertiary/aromatic N) is 4. The molecule has 1 unspecified atom stereocenters. The smallest absolute Gasteiger partial charge is 0.416 e. The molecule has 15 heteroatoms. The minimum Gasteiger partial charge on any atom is -0.505 e. The second-order valence-electron chi connectivity index (χ2n) is 7.62. The lowest BCUT2D eigenvalue weighted by Gasteiger charge is -2.16. The van der Waals surface area contributed by atoms with Crippen molar-refractivity contribution in [2.45, 2.75) is 31.2 Å². The van der Waals surface area contributed by atoms with E-state index in [2.05, 4.69) is 20.3 Å². The Kier molecular flexibility index (Phi) is 6.02. The minimum absolute atomic E-state index is 0.0737. The number of rotatable bonds is 6. The van der Waals surface area contributed by atoms with Crippen molar-refractivity contribution in [1.82, 2.24) is 24.8 Å². The molecule has 35 heavy (non-hydrogen) atoms. The molecule has 0 bridgehead atoms. The van der Waals surface area contributed by atoms with Crippen molar-refractivity contribution in [2.24, 2.45) is 0 Å². The first kappa shape index (κ1) is 23.9. The van der Waals surface area contributed by atoms with E-state index in [4.69, 9.17) is 10.5 Å². The normalized spacial score (nSPS) is 18.2. The van der Waals surface area contributed by atoms with Gasteiger partial charge >= 0.3 is 6.18 Å². The molecule has 1 aliphatic heterocycles. The quantitative estimate of drug-likeness (QED) is 0.215. The van der Waals surface area contributed by atoms with E-state index in [1.54, 1.807) is 0 Å². The fourth-order valence-corrected chi connectivity index (χ4v) is 3.53. The number of anilines is 1. The van der Waals surface area contributed by atoms with Gasteiger partial charge in [-0.3, -0.25) is 4.79 Å². The zero-order valence-electron chi connectivity index (χ0n) is 17.7. The molecule has 4 rings (SSSR count). The molecule has 0 saturated heterocycles. The molecule has 0 aliphatic carbocycles. The van der Waals surface area contributed by atoms with Crippen LogP contribution in [0.2, 0.25) is 0 Å². The first-order valence-corrected chi connectivity index (χ1v) is 10.1. The van der Waals surface area contributed by atoms with E-state index in [0.29, 0.717) is 12.1 Å². The minimum atomic E-state index is -4.83. The molecule has 2 aromatic heterocycles. The van der Waals surface area contributed by atoms with Crippen LogP contribution < -0.4 is 11.1 Å². The number of alkyl halides is 3. The Morgan fingerprint density at radius 2 is 1.94 bits per heavy atom. The number of hydrogen-bond donors (Lipinski definition) is 6. The Bertz CT molecular complexity index is 1320. The van der Waals surface area contributed by atoms with Crippen molar-refractivity contribution in [3.05, 3.63) is 41.7 Å². The second-order valence-corrected chi connectivity index (χ2v) is 7.62. The van der Waals surface area contributed by atoms with Crippen LogP contribution in [0, 0.1) is 0 Å². The molecule has 0 fully saturated rings. The summed E-state index contributed by atoms with van der Waals surface area (Å²) in [5.74, 6) is -3.59. The van der Waals surface area contributed by atoms with E-state index in [-0.39, 0.29) is 42.3 Å². The molecule has 0 radical (unpaired) electrons. The Morgan fingerprint density at radius 1 is 1.20 bits per heavy atom. The number of halogens is 3. The second kappa shape index (κ2) is 8.83. The van der Waals surface area contributed by atoms with Gasteiger partial charge in [-0.05, 0) is 25.0 Å². The van der Waals surface area contributed by atoms with E-state index in [0.717, 1.165) is 0 Å². The molecule has 2 atom stereocenters. The predicted molar refractivity (Wildman–Crippen MR) is 113 cm³/mol. The van der Waals surface area contributed by atoms with Crippen LogP contribution >= 0.6 is 0 Å². The van der Waals surface area contributed by atoms with E-state index in [1.165, 1.54) is 17.2 Å². The highest BCUT2D eigenvalue weighted by molar-refractivity contribution is 5.97. The van der Waals surface area contributed by atoms with Crippen LogP contribution in [0.5, 0.6) is 11.5 Å². The van der Waals surface area contributed by atoms with Crippen LogP contribution in [0.3, 0.4) is 0 Å². The van der Waals surface area contributed by atoms with Gasteiger partial charge in [0.2, 0.25) is 5.88 Å². The molecule has 3 aromatic rings. The summed E-state index contributed by atoms with van der Waals surface area (Å²) in [6, 6.07) is 0.736. The summed E-state index contributed by atoms with van der Waals surface area (Å²) in [6.07, 6.45) is -4.36. The van der Waals surface area contributed by atoms with Gasteiger partial charge in [0.05, 0.1) is 11.1 Å². The van der Waals surface area contributed by atoms with Crippen molar-refractivity contribution >= 4 is 28.8 Å². The van der Waals surface area contributed by atoms with Gasteiger partial charge < -0.3 is 36.2 Å². The Hall–Kier alpha value is -4.27. The summed E-state index contributed by atoms with van der Waals surface area (Å²) in [6.45, 7) is -0.0737. The van der Waals surface area contributed by atoms with Crippen molar-refractivity contribution in [3.8, 4) is 11.5 Å². The van der Waals surface area contributed by atoms with Gasteiger partial charge in [0.1, 0.15) is 18.8 Å². The lowest BCUT2D eigenvalue weighted by atomic mass is 10.1. The number of fused-ring (bicyclic) bond motifs is 1. The Balaban J connectivity index is 1.37. The number of phenolic OH excluding ortho intramolecular Hbond substituents is 2. The largest absolute Gasteiger partial charge is 0.505 e. The van der Waals surface area contributed by atoms with Crippen LogP contribution in [-0.4, -0.2) is 64.6 Å². The van der Waals surface area contributed by atoms with Gasteiger partial charge in [-0.1, -0.05) is 0 Å². The number of carbonyl (C=O) groups excluding carboxylic acids is 1. The molecular formula is C20H19F3N6O6. The number of ether oxygens (including phenoxy) is 1. The number of hydrogen-bond acceptors (Lipinski definition) is 10. The number of carbonyl (C=O) groups is 1. The number of aromatic hydroxyl groups is 2. The highest BCUT2D eigenvalue weighted by Crippen LogP contribution is 2.38. The Morgan fingerprint density at radius 3 is 2.66 bits per heavy atom. The Labute approximate surface area is 194 Å². The maximum atomic E-state index is 12.9. The van der Waals surface area contributed by atoms with E-state index >= 15 is 0 Å². The third kappa shape index (κ3) is 4.44. The zero-order valence-corrected chi connectivity index (χ0v) is 17.7. The van der Waals surface area contributed by atoms with Crippen LogP contribution in [0.1, 0.15) is 28.8 Å². The van der Waals surface area contributed by atoms with Crippen LogP contribution in [0.15, 0.2) is 30.5 Å². The van der Waals surface area contributed by atoms with Crippen LogP contribution in [0.4, 0.5) is 19.0 Å². The van der Waals surface area contributed by atoms with Gasteiger partial charge in [0.25, 0.3) is 5.91 Å². The number of nitrogens with two attached hydrogens (primary N) is 1. The number of imidazole rings is 1. The number of benzene rings is 1. The van der Waals surface area contributed by atoms with Gasteiger partial charge in [-0.25, -0.2) is 19.5 Å². The molecule has 12 nitrogen and oxygen atoms in total. The number of nitrogens with one attached hydrogen (secondary N) is 1. The predicted octanol–water partition coefficient (Wildman–Crippen LogP) is 1.49. The first-order chi connectivity index (χ1) is 16.5. The fourth-order valence-electron chi connectivity index (χ4n) is 3.53. The molecule has 0 saturated carbocycles. The fraction of sp³-hybridized carbons (Fsp3) is 0.300. The summed E-state index contributed by atoms with van der Waals surface area (Å²) in [4.78, 5) is 24.2. The van der Waals surface area contributed by atoms with Crippen LogP contribution in [0.25, 0.3) is 17.0 Å². The maximum absolute atomic E-state index is 12.9. The molecule has 1 aromatic carbocycles. The van der Waals surface area contributed by atoms with Crippen molar-refractivity contribution in [2.75, 3.05) is 12.3 Å². The number of amides is 1. The molecular weight excluding hydrogens is 477 g/mol. The molecule has 0 spiro atoms. The average molecular weight is 496 g/mol. The topological polar surface area (TPSA) is 189 Å². The summed E-state index contributed by atoms with van der Waals surface area (Å²) in [7, 11) is 0. The molecule has 1 aliphatic rings. The lowest BCUT2D eigenvalue weighted by molar-refractivity contribution is -0.137.